The van der Waals surface area contributed by atoms with E-state index < -0.39 is 0 Å². The van der Waals surface area contributed by atoms with Crippen molar-refractivity contribution in [2.24, 2.45) is 0 Å². The number of pyridine rings is 1. The maximum absolute atomic E-state index is 13.1. The van der Waals surface area contributed by atoms with Crippen LogP contribution >= 0.6 is 0 Å². The van der Waals surface area contributed by atoms with Gasteiger partial charge in [0.2, 0.25) is 0 Å². The van der Waals surface area contributed by atoms with E-state index in [1.807, 2.05) is 39.8 Å². The van der Waals surface area contributed by atoms with Gasteiger partial charge >= 0.3 is 0 Å². The second kappa shape index (κ2) is 11.6. The highest BCUT2D eigenvalue weighted by molar-refractivity contribution is 6.21. The molecule has 0 fully saturated rings. The summed E-state index contributed by atoms with van der Waals surface area (Å²) in [5, 5.41) is 11.1. The number of nitrogens with zero attached hydrogens (tertiary/aromatic N) is 3. The van der Waals surface area contributed by atoms with Crippen LogP contribution in [-0.4, -0.2) is 52.7 Å². The Hall–Kier alpha value is -2.58. The molecule has 30 heavy (non-hydrogen) atoms. The quantitative estimate of drug-likeness (QED) is 0.406. The predicted octanol–water partition coefficient (Wildman–Crippen LogP) is 3.50. The molecule has 0 atom stereocenters. The average Bonchev–Trinajstić information content (AvgIpc) is 2.70. The first-order valence-electron chi connectivity index (χ1n) is 10.4. The number of anilines is 1. The fraction of sp³-hybridized carbons (Fsp3) is 0.545. The molecule has 0 aliphatic carbocycles. The number of rotatable bonds is 12. The third kappa shape index (κ3) is 6.21. The van der Waals surface area contributed by atoms with Crippen LogP contribution in [0.5, 0.6) is 0 Å². The number of hydrogen-bond acceptors (Lipinski definition) is 7. The Kier molecular flexibility index (Phi) is 9.14. The van der Waals surface area contributed by atoms with Crippen LogP contribution in [0.25, 0.3) is 16.7 Å². The summed E-state index contributed by atoms with van der Waals surface area (Å²) in [6.45, 7) is 12.0. The Morgan fingerprint density at radius 1 is 1.33 bits per heavy atom. The van der Waals surface area contributed by atoms with Crippen molar-refractivity contribution in [2.45, 2.75) is 53.7 Å². The lowest BCUT2D eigenvalue weighted by Crippen LogP contribution is -2.28. The van der Waals surface area contributed by atoms with E-state index in [2.05, 4.69) is 15.3 Å². The second-order valence-electron chi connectivity index (χ2n) is 7.27. The van der Waals surface area contributed by atoms with Gasteiger partial charge in [-0.25, -0.2) is 9.97 Å². The zero-order valence-corrected chi connectivity index (χ0v) is 18.6. The summed E-state index contributed by atoms with van der Waals surface area (Å²) in [7, 11) is 0. The molecule has 2 N–H and O–H groups in total. The molecule has 0 bridgehead atoms. The minimum Gasteiger partial charge on any atom is -0.380 e. The SMILES string of the molecule is C/C=C(/C(C)=N)c1cnc2nc(NCCOC(C)C)c(=O)n(CCOCCC)c2c1. The molecule has 0 amide bonds. The van der Waals surface area contributed by atoms with E-state index in [0.717, 1.165) is 17.6 Å². The predicted molar refractivity (Wildman–Crippen MR) is 122 cm³/mol. The summed E-state index contributed by atoms with van der Waals surface area (Å²) < 4.78 is 12.8. The van der Waals surface area contributed by atoms with Crippen molar-refractivity contribution in [3.63, 3.8) is 0 Å². The molecule has 2 aromatic heterocycles. The molecule has 0 spiro atoms. The summed E-state index contributed by atoms with van der Waals surface area (Å²) in [6, 6.07) is 1.87. The van der Waals surface area contributed by atoms with Crippen molar-refractivity contribution in [2.75, 3.05) is 31.7 Å². The zero-order chi connectivity index (χ0) is 22.1. The number of allylic oxidation sites excluding steroid dienone is 2. The first-order chi connectivity index (χ1) is 14.4. The third-order valence-corrected chi connectivity index (χ3v) is 4.46. The van der Waals surface area contributed by atoms with Gasteiger partial charge in [-0.1, -0.05) is 13.0 Å². The van der Waals surface area contributed by atoms with Gasteiger partial charge in [-0.05, 0) is 45.8 Å². The van der Waals surface area contributed by atoms with Crippen molar-refractivity contribution in [1.82, 2.24) is 14.5 Å². The van der Waals surface area contributed by atoms with Crippen LogP contribution in [0, 0.1) is 5.41 Å². The molecule has 0 radical (unpaired) electrons. The maximum Gasteiger partial charge on any atom is 0.293 e. The molecule has 2 rings (SSSR count). The molecule has 164 valence electrons. The van der Waals surface area contributed by atoms with Gasteiger partial charge in [0.1, 0.15) is 0 Å². The molecule has 0 saturated carbocycles. The van der Waals surface area contributed by atoms with Crippen LogP contribution < -0.4 is 10.9 Å². The molecule has 0 aliphatic heterocycles. The van der Waals surface area contributed by atoms with Crippen LogP contribution in [0.4, 0.5) is 5.82 Å². The first-order valence-corrected chi connectivity index (χ1v) is 10.4. The fourth-order valence-corrected chi connectivity index (χ4v) is 3.07. The van der Waals surface area contributed by atoms with E-state index in [0.29, 0.717) is 49.8 Å². The Bertz CT molecular complexity index is 950. The van der Waals surface area contributed by atoms with Crippen LogP contribution in [0.2, 0.25) is 0 Å². The number of ether oxygens (including phenoxy) is 2. The Labute approximate surface area is 177 Å². The van der Waals surface area contributed by atoms with Crippen molar-refractivity contribution in [1.29, 1.82) is 5.41 Å². The molecule has 8 heteroatoms. The molecule has 0 aromatic carbocycles. The number of aromatic nitrogens is 3. The van der Waals surface area contributed by atoms with E-state index in [1.165, 1.54) is 0 Å². The summed E-state index contributed by atoms with van der Waals surface area (Å²) in [4.78, 5) is 22.0. The zero-order valence-electron chi connectivity index (χ0n) is 18.6. The van der Waals surface area contributed by atoms with E-state index >= 15 is 0 Å². The van der Waals surface area contributed by atoms with Gasteiger partial charge in [0.05, 0.1) is 24.8 Å². The molecule has 2 aromatic rings. The normalized spacial score (nSPS) is 12.0. The average molecular weight is 416 g/mol. The van der Waals surface area contributed by atoms with Gasteiger partial charge in [-0.3, -0.25) is 9.36 Å². The van der Waals surface area contributed by atoms with Crippen molar-refractivity contribution in [3.05, 3.63) is 34.3 Å². The number of hydrogen-bond donors (Lipinski definition) is 2. The van der Waals surface area contributed by atoms with E-state index in [-0.39, 0.29) is 17.5 Å². The van der Waals surface area contributed by atoms with Crippen LogP contribution in [-0.2, 0) is 16.0 Å². The van der Waals surface area contributed by atoms with Crippen molar-refractivity contribution >= 4 is 28.3 Å². The Balaban J connectivity index is 2.44. The minimum atomic E-state index is -0.223. The minimum absolute atomic E-state index is 0.127. The summed E-state index contributed by atoms with van der Waals surface area (Å²) in [6.07, 6.45) is 4.61. The Morgan fingerprint density at radius 3 is 2.73 bits per heavy atom. The monoisotopic (exact) mass is 415 g/mol. The van der Waals surface area contributed by atoms with Gasteiger partial charge in [-0.2, -0.15) is 0 Å². The first kappa shape index (κ1) is 23.7. The van der Waals surface area contributed by atoms with Gasteiger partial charge in [0.25, 0.3) is 5.56 Å². The highest BCUT2D eigenvalue weighted by Gasteiger charge is 2.14. The van der Waals surface area contributed by atoms with E-state index in [1.54, 1.807) is 17.7 Å². The lowest BCUT2D eigenvalue weighted by atomic mass is 10.0. The van der Waals surface area contributed by atoms with E-state index in [9.17, 15) is 4.79 Å². The summed E-state index contributed by atoms with van der Waals surface area (Å²) in [5.74, 6) is 0.250. The third-order valence-electron chi connectivity index (χ3n) is 4.46. The van der Waals surface area contributed by atoms with Crippen LogP contribution in [0.1, 0.15) is 46.6 Å². The molecule has 0 aliphatic rings. The van der Waals surface area contributed by atoms with Gasteiger partial charge in [-0.15, -0.1) is 0 Å². The van der Waals surface area contributed by atoms with Crippen molar-refractivity contribution in [3.8, 4) is 0 Å². The van der Waals surface area contributed by atoms with Gasteiger partial charge in [0, 0.05) is 37.2 Å². The lowest BCUT2D eigenvalue weighted by Gasteiger charge is -2.15. The van der Waals surface area contributed by atoms with Crippen molar-refractivity contribution < 1.29 is 9.47 Å². The molecule has 8 nitrogen and oxygen atoms in total. The summed E-state index contributed by atoms with van der Waals surface area (Å²) in [5.41, 5.74) is 2.88. The molecule has 2 heterocycles. The fourth-order valence-electron chi connectivity index (χ4n) is 3.07. The highest BCUT2D eigenvalue weighted by atomic mass is 16.5. The van der Waals surface area contributed by atoms with Crippen LogP contribution in [0.3, 0.4) is 0 Å². The molecule has 0 saturated heterocycles. The number of fused-ring (bicyclic) bond motifs is 1. The van der Waals surface area contributed by atoms with Gasteiger partial charge in [0.15, 0.2) is 11.5 Å². The Morgan fingerprint density at radius 2 is 2.10 bits per heavy atom. The highest BCUT2D eigenvalue weighted by Crippen LogP contribution is 2.19. The lowest BCUT2D eigenvalue weighted by molar-refractivity contribution is 0.0870. The summed E-state index contributed by atoms with van der Waals surface area (Å²) >= 11 is 0. The molecular weight excluding hydrogens is 382 g/mol. The largest absolute Gasteiger partial charge is 0.380 e. The van der Waals surface area contributed by atoms with Crippen LogP contribution in [0.15, 0.2) is 23.1 Å². The topological polar surface area (TPSA) is 102 Å². The van der Waals surface area contributed by atoms with E-state index in [4.69, 9.17) is 14.9 Å². The standard InChI is InChI=1S/C22H33N5O3/c1-6-10-29-12-9-27-19-13-17(18(7-2)16(5)23)14-25-20(19)26-21(22(27)28)24-8-11-30-15(3)4/h7,13-15,23H,6,8-12H2,1-5H3,(H,24,25,26)/b18-7-,23-16?. The van der Waals surface area contributed by atoms with Gasteiger partial charge < -0.3 is 20.2 Å². The molecular formula is C22H33N5O3. The molecule has 0 unspecified atom stereocenters. The smallest absolute Gasteiger partial charge is 0.293 e. The maximum atomic E-state index is 13.1. The second-order valence-corrected chi connectivity index (χ2v) is 7.27. The number of nitrogens with one attached hydrogen (secondary N) is 2.